The van der Waals surface area contributed by atoms with Gasteiger partial charge in [0.15, 0.2) is 5.84 Å². The average Bonchev–Trinajstić information content (AvgIpc) is 2.53. The molecule has 3 N–H and O–H groups in total. The summed E-state index contributed by atoms with van der Waals surface area (Å²) in [5, 5.41) is 11.5. The van der Waals surface area contributed by atoms with Crippen molar-refractivity contribution in [2.45, 2.75) is 11.5 Å². The number of nitrogens with zero attached hydrogens (tertiary/aromatic N) is 1. The van der Waals surface area contributed by atoms with Gasteiger partial charge in [-0.15, -0.1) is 11.8 Å². The highest BCUT2D eigenvalue weighted by Gasteiger charge is 2.12. The van der Waals surface area contributed by atoms with Crippen LogP contribution in [0.1, 0.15) is 11.1 Å². The van der Waals surface area contributed by atoms with Crippen LogP contribution in [0.4, 0.5) is 4.39 Å². The summed E-state index contributed by atoms with van der Waals surface area (Å²) in [6, 6.07) is 12.2. The topological polar surface area (TPSA) is 67.8 Å². The van der Waals surface area contributed by atoms with Crippen molar-refractivity contribution in [3.8, 4) is 5.75 Å². The van der Waals surface area contributed by atoms with Crippen molar-refractivity contribution in [2.75, 3.05) is 6.26 Å². The van der Waals surface area contributed by atoms with Crippen molar-refractivity contribution in [3.63, 3.8) is 0 Å². The Bertz CT molecular complexity index is 662. The maximum Gasteiger partial charge on any atom is 0.173 e. The van der Waals surface area contributed by atoms with Crippen LogP contribution in [0, 0.1) is 5.82 Å². The van der Waals surface area contributed by atoms with Crippen LogP contribution < -0.4 is 10.5 Å². The number of nitrogens with two attached hydrogens (primary N) is 1. The minimum Gasteiger partial charge on any atom is -0.488 e. The van der Waals surface area contributed by atoms with E-state index < -0.39 is 5.82 Å². The predicted molar refractivity (Wildman–Crippen MR) is 81.5 cm³/mol. The Balaban J connectivity index is 2.21. The zero-order chi connectivity index (χ0) is 15.2. The fourth-order valence-electron chi connectivity index (χ4n) is 1.84. The Labute approximate surface area is 126 Å². The van der Waals surface area contributed by atoms with Crippen LogP contribution >= 0.6 is 11.8 Å². The number of amidine groups is 1. The molecule has 0 saturated heterocycles. The van der Waals surface area contributed by atoms with Crippen molar-refractivity contribution in [1.29, 1.82) is 0 Å². The van der Waals surface area contributed by atoms with Gasteiger partial charge >= 0.3 is 0 Å². The van der Waals surface area contributed by atoms with Gasteiger partial charge < -0.3 is 15.7 Å². The second kappa shape index (κ2) is 6.99. The van der Waals surface area contributed by atoms with Gasteiger partial charge in [0.05, 0.1) is 5.56 Å². The van der Waals surface area contributed by atoms with Gasteiger partial charge in [-0.3, -0.25) is 0 Å². The summed E-state index contributed by atoms with van der Waals surface area (Å²) >= 11 is 1.56. The number of ether oxygens (including phenoxy) is 1. The summed E-state index contributed by atoms with van der Waals surface area (Å²) in [7, 11) is 0. The second-order valence-corrected chi connectivity index (χ2v) is 5.05. The van der Waals surface area contributed by atoms with E-state index in [4.69, 9.17) is 15.7 Å². The normalized spacial score (nSPS) is 11.4. The molecular weight excluding hydrogens is 291 g/mol. The first-order valence-electron chi connectivity index (χ1n) is 6.18. The summed E-state index contributed by atoms with van der Waals surface area (Å²) in [6.07, 6.45) is 1.95. The molecule has 0 atom stereocenters. The molecule has 0 amide bonds. The maximum absolute atomic E-state index is 14.2. The number of hydrogen-bond donors (Lipinski definition) is 2. The number of para-hydroxylation sites is 1. The molecule has 0 aliphatic rings. The molecule has 2 rings (SSSR count). The third-order valence-electron chi connectivity index (χ3n) is 2.91. The van der Waals surface area contributed by atoms with Crippen LogP contribution in [-0.4, -0.2) is 17.3 Å². The van der Waals surface area contributed by atoms with E-state index >= 15 is 0 Å². The zero-order valence-corrected chi connectivity index (χ0v) is 12.2. The molecule has 110 valence electrons. The lowest BCUT2D eigenvalue weighted by molar-refractivity contribution is 0.292. The summed E-state index contributed by atoms with van der Waals surface area (Å²) in [6.45, 7) is 0.0654. The highest BCUT2D eigenvalue weighted by molar-refractivity contribution is 7.98. The first-order chi connectivity index (χ1) is 10.2. The second-order valence-electron chi connectivity index (χ2n) is 4.20. The Hall–Kier alpha value is -2.21. The molecule has 0 heterocycles. The van der Waals surface area contributed by atoms with Gasteiger partial charge in [0.1, 0.15) is 18.2 Å². The summed E-state index contributed by atoms with van der Waals surface area (Å²) in [4.78, 5) is 0.977. The quantitative estimate of drug-likeness (QED) is 0.293. The van der Waals surface area contributed by atoms with Crippen LogP contribution in [0.15, 0.2) is 52.5 Å². The SMILES string of the molecule is CSc1ccccc1OCc1cccc(/C(N)=N/O)c1F. The fraction of sp³-hybridized carbons (Fsp3) is 0.133. The molecule has 0 saturated carbocycles. The Morgan fingerprint density at radius 2 is 2.05 bits per heavy atom. The lowest BCUT2D eigenvalue weighted by Crippen LogP contribution is -2.16. The molecule has 0 aliphatic heterocycles. The monoisotopic (exact) mass is 306 g/mol. The van der Waals surface area contributed by atoms with E-state index in [9.17, 15) is 4.39 Å². The van der Waals surface area contributed by atoms with Gasteiger partial charge in [0.25, 0.3) is 0 Å². The van der Waals surface area contributed by atoms with Gasteiger partial charge in [-0.25, -0.2) is 4.39 Å². The number of hydrogen-bond acceptors (Lipinski definition) is 4. The number of halogens is 1. The molecule has 0 fully saturated rings. The predicted octanol–water partition coefficient (Wildman–Crippen LogP) is 3.22. The van der Waals surface area contributed by atoms with Crippen LogP contribution in [0.3, 0.4) is 0 Å². The number of oxime groups is 1. The molecule has 4 nitrogen and oxygen atoms in total. The van der Waals surface area contributed by atoms with E-state index in [1.807, 2.05) is 30.5 Å². The largest absolute Gasteiger partial charge is 0.488 e. The van der Waals surface area contributed by atoms with E-state index in [2.05, 4.69) is 5.16 Å². The smallest absolute Gasteiger partial charge is 0.173 e. The molecule has 0 spiro atoms. The summed E-state index contributed by atoms with van der Waals surface area (Å²) < 4.78 is 19.9. The summed E-state index contributed by atoms with van der Waals surface area (Å²) in [5.41, 5.74) is 5.83. The molecule has 2 aromatic carbocycles. The summed E-state index contributed by atoms with van der Waals surface area (Å²) in [5.74, 6) is -0.119. The molecule has 0 bridgehead atoms. The van der Waals surface area contributed by atoms with E-state index in [0.29, 0.717) is 11.3 Å². The third kappa shape index (κ3) is 3.46. The first kappa shape index (κ1) is 15.2. The van der Waals surface area contributed by atoms with Gasteiger partial charge in [-0.2, -0.15) is 0 Å². The average molecular weight is 306 g/mol. The molecule has 0 aromatic heterocycles. The highest BCUT2D eigenvalue weighted by atomic mass is 32.2. The number of benzene rings is 2. The van der Waals surface area contributed by atoms with Crippen LogP contribution in [-0.2, 0) is 6.61 Å². The lowest BCUT2D eigenvalue weighted by Gasteiger charge is -2.11. The van der Waals surface area contributed by atoms with Crippen molar-refractivity contribution in [1.82, 2.24) is 0 Å². The molecule has 6 heteroatoms. The first-order valence-corrected chi connectivity index (χ1v) is 7.41. The minimum atomic E-state index is -0.547. The van der Waals surface area contributed by atoms with Gasteiger partial charge in [-0.1, -0.05) is 29.4 Å². The van der Waals surface area contributed by atoms with Crippen molar-refractivity contribution in [2.24, 2.45) is 10.9 Å². The molecule has 0 radical (unpaired) electrons. The van der Waals surface area contributed by atoms with E-state index in [1.54, 1.807) is 23.9 Å². The fourth-order valence-corrected chi connectivity index (χ4v) is 2.38. The number of rotatable bonds is 5. The maximum atomic E-state index is 14.2. The van der Waals surface area contributed by atoms with E-state index in [1.165, 1.54) is 6.07 Å². The van der Waals surface area contributed by atoms with Crippen molar-refractivity contribution >= 4 is 17.6 Å². The van der Waals surface area contributed by atoms with Crippen molar-refractivity contribution < 1.29 is 14.3 Å². The highest BCUT2D eigenvalue weighted by Crippen LogP contribution is 2.28. The van der Waals surface area contributed by atoms with E-state index in [-0.39, 0.29) is 18.0 Å². The lowest BCUT2D eigenvalue weighted by atomic mass is 10.1. The molecular formula is C15H15FN2O2S. The van der Waals surface area contributed by atoms with Crippen molar-refractivity contribution in [3.05, 3.63) is 59.4 Å². The van der Waals surface area contributed by atoms with E-state index in [0.717, 1.165) is 4.90 Å². The van der Waals surface area contributed by atoms with Gasteiger partial charge in [0, 0.05) is 10.5 Å². The minimum absolute atomic E-state index is 0.0525. The third-order valence-corrected chi connectivity index (χ3v) is 3.69. The molecule has 2 aromatic rings. The van der Waals surface area contributed by atoms with Crippen LogP contribution in [0.25, 0.3) is 0 Å². The van der Waals surface area contributed by atoms with Crippen LogP contribution in [0.2, 0.25) is 0 Å². The Morgan fingerprint density at radius 1 is 1.29 bits per heavy atom. The standard InChI is InChI=1S/C15H15FN2O2S/c1-21-13-8-3-2-7-12(13)20-9-10-5-4-6-11(14(10)16)15(17)18-19/h2-8,19H,9H2,1H3,(H2,17,18). The molecule has 21 heavy (non-hydrogen) atoms. The van der Waals surface area contributed by atoms with Gasteiger partial charge in [-0.05, 0) is 24.5 Å². The van der Waals surface area contributed by atoms with Gasteiger partial charge in [0.2, 0.25) is 0 Å². The molecule has 0 unspecified atom stereocenters. The van der Waals surface area contributed by atoms with Crippen LogP contribution in [0.5, 0.6) is 5.75 Å². The Kier molecular flexibility index (Phi) is 5.05. The molecule has 0 aliphatic carbocycles. The zero-order valence-electron chi connectivity index (χ0n) is 11.4. The number of thioether (sulfide) groups is 1. The Morgan fingerprint density at radius 3 is 2.76 bits per heavy atom.